The van der Waals surface area contributed by atoms with Crippen molar-refractivity contribution in [3.63, 3.8) is 0 Å². The molecule has 1 fully saturated rings. The third-order valence-corrected chi connectivity index (χ3v) is 6.59. The maximum Gasteiger partial charge on any atom is 0.276 e. The van der Waals surface area contributed by atoms with Crippen molar-refractivity contribution in [2.24, 2.45) is 16.9 Å². The molecular weight excluding hydrogens is 320 g/mol. The molecule has 0 heterocycles. The Balaban J connectivity index is 1.87. The smallest absolute Gasteiger partial charge is 0.200 e. The molecule has 2 aliphatic rings. The largest absolute Gasteiger partial charge is 0.276 e. The van der Waals surface area contributed by atoms with Gasteiger partial charge in [-0.2, -0.15) is 18.4 Å². The van der Waals surface area contributed by atoms with Crippen LogP contribution in [0, 0.1) is 18.8 Å². The van der Waals surface area contributed by atoms with Crippen LogP contribution in [0.4, 0.5) is 0 Å². The van der Waals surface area contributed by atoms with E-state index in [0.29, 0.717) is 11.8 Å². The lowest BCUT2D eigenvalue weighted by atomic mass is 9.86. The quantitative estimate of drug-likeness (QED) is 0.835. The fourth-order valence-electron chi connectivity index (χ4n) is 3.93. The van der Waals surface area contributed by atoms with E-state index in [9.17, 15) is 8.42 Å². The molecule has 1 aromatic carbocycles. The summed E-state index contributed by atoms with van der Waals surface area (Å²) < 4.78 is 25.0. The van der Waals surface area contributed by atoms with Gasteiger partial charge >= 0.3 is 0 Å². The van der Waals surface area contributed by atoms with Gasteiger partial charge in [0.15, 0.2) is 0 Å². The Kier molecular flexibility index (Phi) is 4.81. The minimum atomic E-state index is -3.61. The number of benzene rings is 1. The summed E-state index contributed by atoms with van der Waals surface area (Å²) >= 11 is 0. The van der Waals surface area contributed by atoms with Gasteiger partial charge in [0.2, 0.25) is 0 Å². The van der Waals surface area contributed by atoms with Crippen molar-refractivity contribution in [3.05, 3.63) is 41.0 Å². The molecule has 5 heteroatoms. The Morgan fingerprint density at radius 1 is 1.08 bits per heavy atom. The van der Waals surface area contributed by atoms with E-state index in [0.717, 1.165) is 30.5 Å². The Bertz CT molecular complexity index is 776. The normalized spacial score (nSPS) is 26.4. The van der Waals surface area contributed by atoms with Gasteiger partial charge in [-0.1, -0.05) is 30.2 Å². The highest BCUT2D eigenvalue weighted by molar-refractivity contribution is 7.89. The minimum absolute atomic E-state index is 0.258. The van der Waals surface area contributed by atoms with Crippen molar-refractivity contribution in [3.8, 4) is 0 Å². The molecule has 130 valence electrons. The standard InChI is InChI=1S/C19H26N2O2S/c1-13-7-10-16(11-8-13)24(22,23)21-20-18-6-4-5-14(2)17-12-9-15(3)19(17)18/h7-8,10-11,14,17,21H,4-6,9,12H2,1-3H3/b20-18+/t14-,17-/m0/s1. The summed E-state index contributed by atoms with van der Waals surface area (Å²) in [6, 6.07) is 6.84. The van der Waals surface area contributed by atoms with Gasteiger partial charge in [0.05, 0.1) is 10.6 Å². The Morgan fingerprint density at radius 2 is 1.79 bits per heavy atom. The molecule has 0 amide bonds. The maximum absolute atomic E-state index is 12.5. The first-order chi connectivity index (χ1) is 11.4. The topological polar surface area (TPSA) is 58.5 Å². The number of hydrazone groups is 1. The van der Waals surface area contributed by atoms with Crippen molar-refractivity contribution in [2.75, 3.05) is 0 Å². The predicted molar refractivity (Wildman–Crippen MR) is 97.4 cm³/mol. The van der Waals surface area contributed by atoms with Gasteiger partial charge < -0.3 is 0 Å². The van der Waals surface area contributed by atoms with Gasteiger partial charge in [0.25, 0.3) is 10.0 Å². The molecule has 0 saturated heterocycles. The predicted octanol–water partition coefficient (Wildman–Crippen LogP) is 4.18. The summed E-state index contributed by atoms with van der Waals surface area (Å²) in [7, 11) is -3.61. The van der Waals surface area contributed by atoms with Crippen LogP contribution in [0.1, 0.15) is 51.5 Å². The van der Waals surface area contributed by atoms with E-state index in [1.165, 1.54) is 24.0 Å². The average molecular weight is 346 g/mol. The number of hydrogen-bond acceptors (Lipinski definition) is 3. The van der Waals surface area contributed by atoms with Crippen LogP contribution in [0.2, 0.25) is 0 Å². The fourth-order valence-corrected chi connectivity index (χ4v) is 4.76. The number of hydrogen-bond donors (Lipinski definition) is 1. The Morgan fingerprint density at radius 3 is 2.50 bits per heavy atom. The molecule has 0 aliphatic heterocycles. The second-order valence-corrected chi connectivity index (χ2v) is 8.84. The van der Waals surface area contributed by atoms with Crippen molar-refractivity contribution >= 4 is 15.7 Å². The maximum atomic E-state index is 12.5. The number of nitrogens with one attached hydrogen (secondary N) is 1. The van der Waals surface area contributed by atoms with Crippen LogP contribution in [0.25, 0.3) is 0 Å². The van der Waals surface area contributed by atoms with Crippen LogP contribution in [0.5, 0.6) is 0 Å². The lowest BCUT2D eigenvalue weighted by molar-refractivity contribution is 0.392. The average Bonchev–Trinajstić information content (AvgIpc) is 2.84. The molecular formula is C19H26N2O2S. The van der Waals surface area contributed by atoms with E-state index in [1.54, 1.807) is 24.3 Å². The van der Waals surface area contributed by atoms with E-state index in [-0.39, 0.29) is 4.90 Å². The molecule has 24 heavy (non-hydrogen) atoms. The molecule has 2 atom stereocenters. The zero-order valence-electron chi connectivity index (χ0n) is 14.7. The van der Waals surface area contributed by atoms with Gasteiger partial charge in [0, 0.05) is 0 Å². The van der Waals surface area contributed by atoms with Crippen LogP contribution in [-0.4, -0.2) is 14.1 Å². The monoisotopic (exact) mass is 346 g/mol. The second kappa shape index (κ2) is 6.71. The first kappa shape index (κ1) is 17.2. The third-order valence-electron chi connectivity index (χ3n) is 5.36. The fraction of sp³-hybridized carbons (Fsp3) is 0.526. The molecule has 0 spiro atoms. The van der Waals surface area contributed by atoms with Crippen LogP contribution in [-0.2, 0) is 10.0 Å². The van der Waals surface area contributed by atoms with Gasteiger partial charge in [-0.25, -0.2) is 0 Å². The Hall–Kier alpha value is -1.62. The lowest BCUT2D eigenvalue weighted by Gasteiger charge is -2.19. The van der Waals surface area contributed by atoms with E-state index >= 15 is 0 Å². The van der Waals surface area contributed by atoms with Crippen molar-refractivity contribution in [1.29, 1.82) is 0 Å². The summed E-state index contributed by atoms with van der Waals surface area (Å²) in [5.41, 5.74) is 4.66. The summed E-state index contributed by atoms with van der Waals surface area (Å²) in [5, 5.41) is 4.36. The van der Waals surface area contributed by atoms with E-state index in [2.05, 4.69) is 23.8 Å². The molecule has 3 rings (SSSR count). The van der Waals surface area contributed by atoms with E-state index in [1.807, 2.05) is 6.92 Å². The number of fused-ring (bicyclic) bond motifs is 1. The molecule has 0 aromatic heterocycles. The molecule has 0 radical (unpaired) electrons. The lowest BCUT2D eigenvalue weighted by Crippen LogP contribution is -2.22. The summed E-state index contributed by atoms with van der Waals surface area (Å²) in [6.07, 6.45) is 5.38. The minimum Gasteiger partial charge on any atom is -0.200 e. The van der Waals surface area contributed by atoms with Crippen LogP contribution in [0.15, 0.2) is 45.4 Å². The SMILES string of the molecule is CC1=C2/C(=N/NS(=O)(=O)c3ccc(C)cc3)CCC[C@H](C)[C@@H]2CC1. The van der Waals surface area contributed by atoms with Crippen LogP contribution < -0.4 is 4.83 Å². The number of aryl methyl sites for hydroxylation is 1. The van der Waals surface area contributed by atoms with Crippen LogP contribution in [0.3, 0.4) is 0 Å². The molecule has 2 aliphatic carbocycles. The van der Waals surface area contributed by atoms with Crippen LogP contribution >= 0.6 is 0 Å². The summed E-state index contributed by atoms with van der Waals surface area (Å²) in [4.78, 5) is 2.72. The molecule has 0 bridgehead atoms. The zero-order chi connectivity index (χ0) is 17.3. The molecule has 4 nitrogen and oxygen atoms in total. The first-order valence-corrected chi connectivity index (χ1v) is 10.2. The highest BCUT2D eigenvalue weighted by Crippen LogP contribution is 2.42. The van der Waals surface area contributed by atoms with E-state index in [4.69, 9.17) is 0 Å². The van der Waals surface area contributed by atoms with Gasteiger partial charge in [-0.15, -0.1) is 0 Å². The number of allylic oxidation sites excluding steroid dienone is 2. The second-order valence-electron chi connectivity index (χ2n) is 7.17. The molecule has 1 aromatic rings. The zero-order valence-corrected chi connectivity index (χ0v) is 15.5. The van der Waals surface area contributed by atoms with Crippen molar-refractivity contribution in [2.45, 2.75) is 57.8 Å². The van der Waals surface area contributed by atoms with Gasteiger partial charge in [-0.05, 0) is 75.5 Å². The third kappa shape index (κ3) is 3.41. The first-order valence-electron chi connectivity index (χ1n) is 8.73. The summed E-state index contributed by atoms with van der Waals surface area (Å²) in [5.74, 6) is 1.19. The highest BCUT2D eigenvalue weighted by atomic mass is 32.2. The van der Waals surface area contributed by atoms with Gasteiger partial charge in [0.1, 0.15) is 0 Å². The molecule has 0 unspecified atom stereocenters. The number of nitrogens with zero attached hydrogens (tertiary/aromatic N) is 1. The van der Waals surface area contributed by atoms with Crippen molar-refractivity contribution in [1.82, 2.24) is 4.83 Å². The van der Waals surface area contributed by atoms with E-state index < -0.39 is 10.0 Å². The highest BCUT2D eigenvalue weighted by Gasteiger charge is 2.33. The number of rotatable bonds is 3. The number of sulfonamides is 1. The molecule has 1 N–H and O–H groups in total. The summed E-state index contributed by atoms with van der Waals surface area (Å²) in [6.45, 7) is 6.41. The molecule has 1 saturated carbocycles. The Labute approximate surface area is 145 Å². The van der Waals surface area contributed by atoms with Crippen molar-refractivity contribution < 1.29 is 8.42 Å². The van der Waals surface area contributed by atoms with Gasteiger partial charge in [-0.3, -0.25) is 0 Å².